The summed E-state index contributed by atoms with van der Waals surface area (Å²) in [5.74, 6) is 1.39. The lowest BCUT2D eigenvalue weighted by atomic mass is 10.2. The average Bonchev–Trinajstić information content (AvgIpc) is 3.40. The maximum Gasteiger partial charge on any atom is 0.233 e. The Bertz CT molecular complexity index is 1580. The molecule has 198 valence electrons. The van der Waals surface area contributed by atoms with Crippen LogP contribution in [0, 0.1) is 0 Å². The van der Waals surface area contributed by atoms with Gasteiger partial charge >= 0.3 is 0 Å². The van der Waals surface area contributed by atoms with Crippen molar-refractivity contribution in [3.05, 3.63) is 60.0 Å². The van der Waals surface area contributed by atoms with Gasteiger partial charge in [0.15, 0.2) is 0 Å². The van der Waals surface area contributed by atoms with Crippen molar-refractivity contribution in [3.8, 4) is 5.75 Å². The molecule has 0 spiro atoms. The molecule has 0 unspecified atom stereocenters. The van der Waals surface area contributed by atoms with Gasteiger partial charge in [0.25, 0.3) is 0 Å². The van der Waals surface area contributed by atoms with Crippen LogP contribution >= 0.6 is 0 Å². The molecular weight excluding hydrogens is 506 g/mol. The van der Waals surface area contributed by atoms with Crippen LogP contribution in [0.4, 0.5) is 23.1 Å². The van der Waals surface area contributed by atoms with E-state index in [2.05, 4.69) is 25.2 Å². The Morgan fingerprint density at radius 1 is 1.16 bits per heavy atom. The average molecular weight is 536 g/mol. The third-order valence-corrected chi connectivity index (χ3v) is 7.45. The number of hydrogen-bond acceptors (Lipinski definition) is 9. The number of ether oxygens (including phenoxy) is 2. The van der Waals surface area contributed by atoms with Gasteiger partial charge in [0.1, 0.15) is 17.2 Å². The molecule has 4 heterocycles. The predicted octanol–water partition coefficient (Wildman–Crippen LogP) is 3.51. The fourth-order valence-corrected chi connectivity index (χ4v) is 4.66. The molecule has 0 aliphatic carbocycles. The maximum atomic E-state index is 12.1. The fraction of sp³-hybridized carbons (Fsp3) is 0.269. The number of anilines is 4. The second-order valence-corrected chi connectivity index (χ2v) is 10.8. The van der Waals surface area contributed by atoms with Crippen molar-refractivity contribution >= 4 is 56.3 Å². The molecule has 0 amide bonds. The van der Waals surface area contributed by atoms with E-state index in [1.54, 1.807) is 37.7 Å². The van der Waals surface area contributed by atoms with E-state index in [0.717, 1.165) is 40.4 Å². The first-order valence-corrected chi connectivity index (χ1v) is 13.9. The van der Waals surface area contributed by atoms with Gasteiger partial charge in [-0.3, -0.25) is 4.31 Å². The monoisotopic (exact) mass is 535 g/mol. The molecule has 0 bridgehead atoms. The number of hydrogen-bond donors (Lipinski definition) is 2. The van der Waals surface area contributed by atoms with E-state index in [9.17, 15) is 8.42 Å². The Morgan fingerprint density at radius 2 is 1.97 bits per heavy atom. The topological polar surface area (TPSA) is 126 Å². The van der Waals surface area contributed by atoms with Crippen LogP contribution < -0.4 is 19.3 Å². The van der Waals surface area contributed by atoms with Gasteiger partial charge in [0, 0.05) is 55.2 Å². The summed E-state index contributed by atoms with van der Waals surface area (Å²) in [7, 11) is -0.363. The number of nitrogens with one attached hydrogen (secondary N) is 2. The number of pyridine rings is 1. The third kappa shape index (κ3) is 5.41. The Morgan fingerprint density at radius 3 is 2.74 bits per heavy atom. The van der Waals surface area contributed by atoms with Crippen molar-refractivity contribution in [2.75, 3.05) is 61.2 Å². The molecule has 0 saturated carbocycles. The van der Waals surface area contributed by atoms with E-state index in [-0.39, 0.29) is 0 Å². The molecule has 1 fully saturated rings. The van der Waals surface area contributed by atoms with Crippen LogP contribution in [-0.4, -0.2) is 75.1 Å². The Balaban J connectivity index is 1.46. The maximum absolute atomic E-state index is 12.1. The zero-order chi connectivity index (χ0) is 26.7. The summed E-state index contributed by atoms with van der Waals surface area (Å²) in [5.41, 5.74) is 3.74. The van der Waals surface area contributed by atoms with Crippen LogP contribution in [0.25, 0.3) is 23.2 Å². The number of H-pyrrole nitrogens is 1. The number of aromatic amines is 1. The lowest BCUT2D eigenvalue weighted by molar-refractivity contribution is 0.122. The largest absolute Gasteiger partial charge is 0.494 e. The predicted molar refractivity (Wildman–Crippen MR) is 150 cm³/mol. The van der Waals surface area contributed by atoms with E-state index < -0.39 is 10.0 Å². The van der Waals surface area contributed by atoms with Crippen molar-refractivity contribution in [1.82, 2.24) is 19.9 Å². The van der Waals surface area contributed by atoms with Crippen LogP contribution in [0.2, 0.25) is 0 Å². The van der Waals surface area contributed by atoms with E-state index >= 15 is 0 Å². The molecule has 1 aliphatic rings. The molecule has 5 rings (SSSR count). The van der Waals surface area contributed by atoms with Gasteiger partial charge in [0.05, 0.1) is 38.0 Å². The van der Waals surface area contributed by atoms with E-state index in [1.807, 2.05) is 30.3 Å². The molecular formula is C26H29N7O4S. The fourth-order valence-electron chi connectivity index (χ4n) is 4.20. The first-order chi connectivity index (χ1) is 18.3. The lowest BCUT2D eigenvalue weighted by Gasteiger charge is -2.29. The quantitative estimate of drug-likeness (QED) is 0.349. The van der Waals surface area contributed by atoms with Gasteiger partial charge in [-0.1, -0.05) is 0 Å². The van der Waals surface area contributed by atoms with Crippen LogP contribution in [0.1, 0.15) is 11.3 Å². The molecule has 4 aromatic rings. The van der Waals surface area contributed by atoms with E-state index in [1.165, 1.54) is 7.05 Å². The lowest BCUT2D eigenvalue weighted by Crippen LogP contribution is -2.36. The highest BCUT2D eigenvalue weighted by Crippen LogP contribution is 2.32. The first kappa shape index (κ1) is 25.5. The minimum Gasteiger partial charge on any atom is -0.494 e. The summed E-state index contributed by atoms with van der Waals surface area (Å²) in [6, 6.07) is 11.4. The van der Waals surface area contributed by atoms with Crippen molar-refractivity contribution < 1.29 is 17.9 Å². The number of benzene rings is 1. The van der Waals surface area contributed by atoms with Crippen LogP contribution in [0.3, 0.4) is 0 Å². The molecule has 1 aliphatic heterocycles. The second kappa shape index (κ2) is 10.7. The smallest absolute Gasteiger partial charge is 0.233 e. The number of aromatic nitrogens is 4. The van der Waals surface area contributed by atoms with Gasteiger partial charge in [-0.25, -0.2) is 18.4 Å². The number of methoxy groups -OCH3 is 1. The standard InChI is InChI=1S/C26H29N7O4S/c1-32(38(3,34)35)25-18(5-4-11-28-25)6-8-21-20-10-12-27-24(20)31-26(29-21)30-22-9-7-19(17-23(22)36-2)33-13-15-37-16-14-33/h4-12,17H,13-16H2,1-3H3,(H2,27,29,30,31). The highest BCUT2D eigenvalue weighted by Gasteiger charge is 2.17. The Hall–Kier alpha value is -4.16. The summed E-state index contributed by atoms with van der Waals surface area (Å²) in [6.45, 7) is 3.06. The highest BCUT2D eigenvalue weighted by atomic mass is 32.2. The minimum atomic E-state index is -3.47. The van der Waals surface area contributed by atoms with E-state index in [4.69, 9.17) is 14.5 Å². The van der Waals surface area contributed by atoms with Crippen molar-refractivity contribution in [3.63, 3.8) is 0 Å². The number of morpholine rings is 1. The molecule has 0 atom stereocenters. The van der Waals surface area contributed by atoms with Crippen molar-refractivity contribution in [2.24, 2.45) is 0 Å². The minimum absolute atomic E-state index is 0.328. The van der Waals surface area contributed by atoms with Gasteiger partial charge < -0.3 is 24.7 Å². The molecule has 3 aromatic heterocycles. The number of rotatable bonds is 8. The number of fused-ring (bicyclic) bond motifs is 1. The Kier molecular flexibility index (Phi) is 7.16. The Labute approximate surface area is 221 Å². The molecule has 38 heavy (non-hydrogen) atoms. The van der Waals surface area contributed by atoms with Crippen LogP contribution in [-0.2, 0) is 14.8 Å². The summed E-state index contributed by atoms with van der Waals surface area (Å²) in [6.07, 6.45) is 8.11. The number of sulfonamides is 1. The van der Waals surface area contributed by atoms with Crippen LogP contribution in [0.5, 0.6) is 5.75 Å². The molecule has 11 nitrogen and oxygen atoms in total. The van der Waals surface area contributed by atoms with Gasteiger partial charge in [-0.15, -0.1) is 0 Å². The summed E-state index contributed by atoms with van der Waals surface area (Å²) in [4.78, 5) is 19.0. The van der Waals surface area contributed by atoms with Crippen LogP contribution in [0.15, 0.2) is 48.8 Å². The van der Waals surface area contributed by atoms with Crippen molar-refractivity contribution in [1.29, 1.82) is 0 Å². The summed E-state index contributed by atoms with van der Waals surface area (Å²) in [5, 5.41) is 4.10. The molecule has 2 N–H and O–H groups in total. The molecule has 1 aromatic carbocycles. The number of nitrogens with zero attached hydrogens (tertiary/aromatic N) is 5. The normalized spacial score (nSPS) is 14.2. The molecule has 12 heteroatoms. The van der Waals surface area contributed by atoms with Gasteiger partial charge in [-0.2, -0.15) is 4.98 Å². The first-order valence-electron chi connectivity index (χ1n) is 12.0. The van der Waals surface area contributed by atoms with E-state index in [0.29, 0.717) is 47.6 Å². The molecule has 0 radical (unpaired) electrons. The SMILES string of the molecule is COc1cc(N2CCOCC2)ccc1Nc1nc(C=Cc2cccnc2N(C)S(C)(=O)=O)c2cc[nH]c2n1. The molecule has 1 saturated heterocycles. The summed E-state index contributed by atoms with van der Waals surface area (Å²) < 4.78 is 36.5. The van der Waals surface area contributed by atoms with Gasteiger partial charge in [-0.05, 0) is 42.5 Å². The third-order valence-electron chi connectivity index (χ3n) is 6.29. The second-order valence-electron chi connectivity index (χ2n) is 8.76. The van der Waals surface area contributed by atoms with Crippen molar-refractivity contribution in [2.45, 2.75) is 0 Å². The zero-order valence-electron chi connectivity index (χ0n) is 21.4. The summed E-state index contributed by atoms with van der Waals surface area (Å²) >= 11 is 0. The zero-order valence-corrected chi connectivity index (χ0v) is 22.2. The highest BCUT2D eigenvalue weighted by molar-refractivity contribution is 7.92. The van der Waals surface area contributed by atoms with Gasteiger partial charge in [0.2, 0.25) is 16.0 Å².